The van der Waals surface area contributed by atoms with Crippen LogP contribution in [0.5, 0.6) is 0 Å². The monoisotopic (exact) mass is 238 g/mol. The van der Waals surface area contributed by atoms with Gasteiger partial charge in [0.15, 0.2) is 5.82 Å². The summed E-state index contributed by atoms with van der Waals surface area (Å²) in [5.41, 5.74) is 5.78. The maximum absolute atomic E-state index is 5.78. The quantitative estimate of drug-likeness (QED) is 0.823. The van der Waals surface area contributed by atoms with Gasteiger partial charge in [0.05, 0.1) is 19.3 Å². The second-order valence-electron chi connectivity index (χ2n) is 4.12. The Balaban J connectivity index is 2.24. The number of rotatable bonds is 3. The predicted molar refractivity (Wildman–Crippen MR) is 64.8 cm³/mol. The zero-order valence-corrected chi connectivity index (χ0v) is 10.2. The van der Waals surface area contributed by atoms with Crippen LogP contribution in [0, 0.1) is 0 Å². The zero-order chi connectivity index (χ0) is 12.3. The number of morpholine rings is 1. The Hall–Kier alpha value is -1.40. The van der Waals surface area contributed by atoms with Gasteiger partial charge in [-0.15, -0.1) is 0 Å². The van der Waals surface area contributed by atoms with E-state index in [0.29, 0.717) is 37.5 Å². The van der Waals surface area contributed by atoms with Gasteiger partial charge in [0.2, 0.25) is 0 Å². The van der Waals surface area contributed by atoms with Gasteiger partial charge in [-0.3, -0.25) is 0 Å². The van der Waals surface area contributed by atoms with E-state index in [1.165, 1.54) is 0 Å². The van der Waals surface area contributed by atoms with Crippen LogP contribution in [0.1, 0.15) is 12.7 Å². The Morgan fingerprint density at radius 2 is 2.41 bits per heavy atom. The molecular weight excluding hydrogens is 220 g/mol. The lowest BCUT2D eigenvalue weighted by molar-refractivity contribution is 0.0984. The number of ether oxygens (including phenoxy) is 2. The summed E-state index contributed by atoms with van der Waals surface area (Å²) in [7, 11) is 1.61. The first-order chi connectivity index (χ1) is 8.20. The standard InChI is InChI=1S/C11H18N4O2/c1-8-6-17-4-3-15(8)11-5-9(12)13-10(14-11)7-16-2/h5,8H,3-4,6-7H2,1-2H3,(H2,12,13,14). The summed E-state index contributed by atoms with van der Waals surface area (Å²) in [5, 5.41) is 0. The molecule has 0 bridgehead atoms. The molecule has 94 valence electrons. The van der Waals surface area contributed by atoms with E-state index in [-0.39, 0.29) is 0 Å². The van der Waals surface area contributed by atoms with Crippen molar-refractivity contribution in [2.75, 3.05) is 37.5 Å². The zero-order valence-electron chi connectivity index (χ0n) is 10.2. The van der Waals surface area contributed by atoms with Gasteiger partial charge in [0, 0.05) is 19.7 Å². The summed E-state index contributed by atoms with van der Waals surface area (Å²) in [6.45, 7) is 4.73. The summed E-state index contributed by atoms with van der Waals surface area (Å²) in [5.74, 6) is 1.93. The minimum absolute atomic E-state index is 0.299. The highest BCUT2D eigenvalue weighted by Gasteiger charge is 2.21. The first-order valence-corrected chi connectivity index (χ1v) is 5.67. The van der Waals surface area contributed by atoms with E-state index in [4.69, 9.17) is 15.2 Å². The molecule has 0 aromatic carbocycles. The van der Waals surface area contributed by atoms with E-state index in [0.717, 1.165) is 12.4 Å². The van der Waals surface area contributed by atoms with E-state index < -0.39 is 0 Å². The second kappa shape index (κ2) is 5.29. The van der Waals surface area contributed by atoms with Crippen molar-refractivity contribution >= 4 is 11.6 Å². The van der Waals surface area contributed by atoms with Crippen LogP contribution in [-0.2, 0) is 16.1 Å². The van der Waals surface area contributed by atoms with Crippen molar-refractivity contribution in [3.8, 4) is 0 Å². The molecular formula is C11H18N4O2. The minimum Gasteiger partial charge on any atom is -0.384 e. The van der Waals surface area contributed by atoms with E-state index in [1.807, 2.05) is 0 Å². The maximum atomic E-state index is 5.78. The Labute approximate surface area is 101 Å². The van der Waals surface area contributed by atoms with E-state index >= 15 is 0 Å². The van der Waals surface area contributed by atoms with E-state index in [1.54, 1.807) is 13.2 Å². The molecule has 1 unspecified atom stereocenters. The molecule has 0 saturated carbocycles. The second-order valence-corrected chi connectivity index (χ2v) is 4.12. The average molecular weight is 238 g/mol. The van der Waals surface area contributed by atoms with E-state index in [2.05, 4.69) is 21.8 Å². The van der Waals surface area contributed by atoms with Gasteiger partial charge in [0.25, 0.3) is 0 Å². The molecule has 2 rings (SSSR count). The fourth-order valence-electron chi connectivity index (χ4n) is 1.91. The largest absolute Gasteiger partial charge is 0.384 e. The van der Waals surface area contributed by atoms with Crippen LogP contribution >= 0.6 is 0 Å². The molecule has 6 nitrogen and oxygen atoms in total. The topological polar surface area (TPSA) is 73.5 Å². The molecule has 1 aromatic heterocycles. The lowest BCUT2D eigenvalue weighted by Gasteiger charge is -2.34. The third kappa shape index (κ3) is 2.83. The fraction of sp³-hybridized carbons (Fsp3) is 0.636. The van der Waals surface area contributed by atoms with Crippen LogP contribution in [0.2, 0.25) is 0 Å². The summed E-state index contributed by atoms with van der Waals surface area (Å²) in [6.07, 6.45) is 0. The molecule has 1 saturated heterocycles. The van der Waals surface area contributed by atoms with Crippen LogP contribution in [0.3, 0.4) is 0 Å². The molecule has 0 amide bonds. The Morgan fingerprint density at radius 1 is 1.59 bits per heavy atom. The molecule has 1 atom stereocenters. The number of anilines is 2. The fourth-order valence-corrected chi connectivity index (χ4v) is 1.91. The van der Waals surface area contributed by atoms with Crippen molar-refractivity contribution in [3.63, 3.8) is 0 Å². The van der Waals surface area contributed by atoms with Crippen LogP contribution in [0.15, 0.2) is 6.07 Å². The van der Waals surface area contributed by atoms with Crippen molar-refractivity contribution in [2.24, 2.45) is 0 Å². The average Bonchev–Trinajstić information content (AvgIpc) is 2.29. The molecule has 2 heterocycles. The Morgan fingerprint density at radius 3 is 3.12 bits per heavy atom. The SMILES string of the molecule is COCc1nc(N)cc(N2CCOCC2C)n1. The number of hydrogen-bond donors (Lipinski definition) is 1. The van der Waals surface area contributed by atoms with Crippen molar-refractivity contribution in [1.29, 1.82) is 0 Å². The van der Waals surface area contributed by atoms with Crippen LogP contribution in [-0.4, -0.2) is 42.9 Å². The van der Waals surface area contributed by atoms with Gasteiger partial charge < -0.3 is 20.1 Å². The predicted octanol–water partition coefficient (Wildman–Crippen LogP) is 0.430. The van der Waals surface area contributed by atoms with Gasteiger partial charge in [-0.2, -0.15) is 0 Å². The van der Waals surface area contributed by atoms with Crippen molar-refractivity contribution in [3.05, 3.63) is 11.9 Å². The van der Waals surface area contributed by atoms with Gasteiger partial charge in [0.1, 0.15) is 18.2 Å². The van der Waals surface area contributed by atoms with Gasteiger partial charge in [-0.1, -0.05) is 0 Å². The van der Waals surface area contributed by atoms with E-state index in [9.17, 15) is 0 Å². The van der Waals surface area contributed by atoms with Gasteiger partial charge >= 0.3 is 0 Å². The molecule has 1 aliphatic heterocycles. The number of aromatic nitrogens is 2. The summed E-state index contributed by atoms with van der Waals surface area (Å²) >= 11 is 0. The lowest BCUT2D eigenvalue weighted by Crippen LogP contribution is -2.44. The molecule has 1 aliphatic rings. The van der Waals surface area contributed by atoms with Crippen molar-refractivity contribution in [2.45, 2.75) is 19.6 Å². The highest BCUT2D eigenvalue weighted by molar-refractivity contribution is 5.48. The third-order valence-corrected chi connectivity index (χ3v) is 2.71. The maximum Gasteiger partial charge on any atom is 0.158 e. The van der Waals surface area contributed by atoms with Gasteiger partial charge in [-0.25, -0.2) is 9.97 Å². The normalized spacial score (nSPS) is 20.6. The summed E-state index contributed by atoms with van der Waals surface area (Å²) in [4.78, 5) is 10.8. The van der Waals surface area contributed by atoms with Crippen molar-refractivity contribution in [1.82, 2.24) is 9.97 Å². The molecule has 2 N–H and O–H groups in total. The Bertz CT molecular complexity index is 386. The number of methoxy groups -OCH3 is 1. The lowest BCUT2D eigenvalue weighted by atomic mass is 10.2. The number of nitrogen functional groups attached to an aromatic ring is 1. The first kappa shape index (κ1) is 12.1. The molecule has 1 fully saturated rings. The van der Waals surface area contributed by atoms with Crippen LogP contribution in [0.4, 0.5) is 11.6 Å². The summed E-state index contributed by atoms with van der Waals surface area (Å²) < 4.78 is 10.4. The minimum atomic E-state index is 0.299. The molecule has 0 aliphatic carbocycles. The smallest absolute Gasteiger partial charge is 0.158 e. The number of nitrogens with zero attached hydrogens (tertiary/aromatic N) is 3. The highest BCUT2D eigenvalue weighted by atomic mass is 16.5. The molecule has 17 heavy (non-hydrogen) atoms. The highest BCUT2D eigenvalue weighted by Crippen LogP contribution is 2.19. The molecule has 1 aromatic rings. The molecule has 0 radical (unpaired) electrons. The van der Waals surface area contributed by atoms with Gasteiger partial charge in [-0.05, 0) is 6.92 Å². The molecule has 0 spiro atoms. The molecule has 6 heteroatoms. The third-order valence-electron chi connectivity index (χ3n) is 2.71. The van der Waals surface area contributed by atoms with Crippen LogP contribution in [0.25, 0.3) is 0 Å². The van der Waals surface area contributed by atoms with Crippen LogP contribution < -0.4 is 10.6 Å². The number of nitrogens with two attached hydrogens (primary N) is 1. The summed E-state index contributed by atoms with van der Waals surface area (Å²) in [6, 6.07) is 2.09. The first-order valence-electron chi connectivity index (χ1n) is 5.67. The van der Waals surface area contributed by atoms with Crippen molar-refractivity contribution < 1.29 is 9.47 Å². The number of hydrogen-bond acceptors (Lipinski definition) is 6. The Kier molecular flexibility index (Phi) is 3.75.